The van der Waals surface area contributed by atoms with Crippen LogP contribution in [0, 0.1) is 0 Å². The second-order valence-electron chi connectivity index (χ2n) is 3.65. The summed E-state index contributed by atoms with van der Waals surface area (Å²) in [4.78, 5) is 13.8. The maximum Gasteiger partial charge on any atom is 0.320 e. The predicted octanol–water partition coefficient (Wildman–Crippen LogP) is 1.88. The van der Waals surface area contributed by atoms with Crippen LogP contribution in [0.5, 0.6) is 0 Å². The second-order valence-corrected chi connectivity index (χ2v) is 4.57. The lowest BCUT2D eigenvalue weighted by Crippen LogP contribution is -2.32. The number of nitrogens with two attached hydrogens (primary N) is 1. The van der Waals surface area contributed by atoms with E-state index in [1.54, 1.807) is 6.20 Å². The standard InChI is InChI=1S/C11H11BrN2O2/c12-7-1-2-8-6(3-9(13)11(15)16)5-14-10(8)4-7/h1-2,4-5,9,14H,3,13H2,(H,15,16)/t9-/m0/s1. The Hall–Kier alpha value is -1.33. The number of halogens is 1. The molecule has 1 aromatic carbocycles. The number of H-pyrrole nitrogens is 1. The number of carbonyl (C=O) groups is 1. The molecule has 0 aliphatic heterocycles. The number of aromatic amines is 1. The number of fused-ring (bicyclic) bond motifs is 1. The number of carboxylic acid groups (broad SMARTS) is 1. The summed E-state index contributed by atoms with van der Waals surface area (Å²) >= 11 is 3.38. The lowest BCUT2D eigenvalue weighted by molar-refractivity contribution is -0.138. The fraction of sp³-hybridized carbons (Fsp3) is 0.182. The Balaban J connectivity index is 2.35. The van der Waals surface area contributed by atoms with E-state index in [1.807, 2.05) is 18.2 Å². The number of aliphatic carboxylic acids is 1. The first-order chi connectivity index (χ1) is 7.58. The highest BCUT2D eigenvalue weighted by molar-refractivity contribution is 9.10. The van der Waals surface area contributed by atoms with E-state index in [2.05, 4.69) is 20.9 Å². The monoisotopic (exact) mass is 282 g/mol. The van der Waals surface area contributed by atoms with Crippen molar-refractivity contribution in [3.8, 4) is 0 Å². The average Bonchev–Trinajstić information content (AvgIpc) is 2.60. The van der Waals surface area contributed by atoms with E-state index in [-0.39, 0.29) is 0 Å². The van der Waals surface area contributed by atoms with Gasteiger partial charge in [-0.25, -0.2) is 0 Å². The molecule has 0 bridgehead atoms. The van der Waals surface area contributed by atoms with Crippen LogP contribution in [0.25, 0.3) is 10.9 Å². The highest BCUT2D eigenvalue weighted by Crippen LogP contribution is 2.23. The van der Waals surface area contributed by atoms with E-state index in [0.29, 0.717) is 6.42 Å². The Morgan fingerprint density at radius 3 is 3.00 bits per heavy atom. The molecule has 84 valence electrons. The van der Waals surface area contributed by atoms with Crippen molar-refractivity contribution in [3.63, 3.8) is 0 Å². The van der Waals surface area contributed by atoms with Crippen LogP contribution in [-0.4, -0.2) is 22.1 Å². The summed E-state index contributed by atoms with van der Waals surface area (Å²) in [5.41, 5.74) is 7.41. The summed E-state index contributed by atoms with van der Waals surface area (Å²) in [7, 11) is 0. The quantitative estimate of drug-likeness (QED) is 0.804. The van der Waals surface area contributed by atoms with Crippen molar-refractivity contribution in [2.75, 3.05) is 0 Å². The second kappa shape index (κ2) is 4.27. The third-order valence-corrected chi connectivity index (χ3v) is 2.98. The fourth-order valence-corrected chi connectivity index (χ4v) is 2.01. The molecular weight excluding hydrogens is 272 g/mol. The largest absolute Gasteiger partial charge is 0.480 e. The van der Waals surface area contributed by atoms with Gasteiger partial charge < -0.3 is 15.8 Å². The zero-order valence-electron chi connectivity index (χ0n) is 8.40. The summed E-state index contributed by atoms with van der Waals surface area (Å²) in [6.07, 6.45) is 2.14. The van der Waals surface area contributed by atoms with Gasteiger partial charge in [-0.1, -0.05) is 22.0 Å². The molecular formula is C11H11BrN2O2. The highest BCUT2D eigenvalue weighted by atomic mass is 79.9. The van der Waals surface area contributed by atoms with Gasteiger partial charge in [0.1, 0.15) is 6.04 Å². The topological polar surface area (TPSA) is 79.1 Å². The minimum atomic E-state index is -0.980. The molecule has 16 heavy (non-hydrogen) atoms. The molecule has 4 N–H and O–H groups in total. The molecule has 1 heterocycles. The Bertz CT molecular complexity index is 536. The van der Waals surface area contributed by atoms with Crippen molar-refractivity contribution in [2.45, 2.75) is 12.5 Å². The van der Waals surface area contributed by atoms with Crippen molar-refractivity contribution >= 4 is 32.8 Å². The number of rotatable bonds is 3. The minimum Gasteiger partial charge on any atom is -0.480 e. The smallest absolute Gasteiger partial charge is 0.320 e. The Morgan fingerprint density at radius 2 is 2.31 bits per heavy atom. The molecule has 1 aromatic heterocycles. The summed E-state index contributed by atoms with van der Waals surface area (Å²) in [5.74, 6) is -0.980. The van der Waals surface area contributed by atoms with Crippen LogP contribution < -0.4 is 5.73 Å². The Kier molecular flexibility index (Phi) is 2.98. The predicted molar refractivity (Wildman–Crippen MR) is 65.3 cm³/mol. The van der Waals surface area contributed by atoms with E-state index in [4.69, 9.17) is 10.8 Å². The number of hydrogen-bond acceptors (Lipinski definition) is 2. The summed E-state index contributed by atoms with van der Waals surface area (Å²) in [5, 5.41) is 9.77. The van der Waals surface area contributed by atoms with Gasteiger partial charge in [0.05, 0.1) is 0 Å². The zero-order valence-corrected chi connectivity index (χ0v) is 9.99. The van der Waals surface area contributed by atoms with Crippen LogP contribution in [0.15, 0.2) is 28.9 Å². The molecule has 5 heteroatoms. The maximum atomic E-state index is 10.7. The molecule has 0 unspecified atom stereocenters. The van der Waals surface area contributed by atoms with Crippen LogP contribution in [-0.2, 0) is 11.2 Å². The number of hydrogen-bond donors (Lipinski definition) is 3. The lowest BCUT2D eigenvalue weighted by Gasteiger charge is -2.04. The van der Waals surface area contributed by atoms with Crippen molar-refractivity contribution < 1.29 is 9.90 Å². The number of benzene rings is 1. The van der Waals surface area contributed by atoms with Crippen LogP contribution in [0.1, 0.15) is 5.56 Å². The molecule has 0 fully saturated rings. The Morgan fingerprint density at radius 1 is 1.56 bits per heavy atom. The Labute approximate surface area is 101 Å². The van der Waals surface area contributed by atoms with Crippen LogP contribution in [0.2, 0.25) is 0 Å². The first-order valence-electron chi connectivity index (χ1n) is 4.82. The molecule has 0 saturated heterocycles. The molecule has 0 spiro atoms. The molecule has 0 radical (unpaired) electrons. The van der Waals surface area contributed by atoms with Gasteiger partial charge in [-0.2, -0.15) is 0 Å². The van der Waals surface area contributed by atoms with Gasteiger partial charge in [0.25, 0.3) is 0 Å². The van der Waals surface area contributed by atoms with Crippen LogP contribution in [0.3, 0.4) is 0 Å². The van der Waals surface area contributed by atoms with Gasteiger partial charge in [0.15, 0.2) is 0 Å². The van der Waals surface area contributed by atoms with E-state index in [0.717, 1.165) is 20.9 Å². The summed E-state index contributed by atoms with van der Waals surface area (Å²) < 4.78 is 0.982. The SMILES string of the molecule is N[C@@H](Cc1c[nH]c2cc(Br)ccc12)C(=O)O. The molecule has 1 atom stereocenters. The number of carboxylic acids is 1. The third-order valence-electron chi connectivity index (χ3n) is 2.49. The van der Waals surface area contributed by atoms with Crippen LogP contribution in [0.4, 0.5) is 0 Å². The molecule has 0 aliphatic rings. The van der Waals surface area contributed by atoms with Gasteiger partial charge in [0.2, 0.25) is 0 Å². The molecule has 0 saturated carbocycles. The van der Waals surface area contributed by atoms with E-state index >= 15 is 0 Å². The van der Waals surface area contributed by atoms with Crippen molar-refractivity contribution in [2.24, 2.45) is 5.73 Å². The first-order valence-corrected chi connectivity index (χ1v) is 5.61. The van der Waals surface area contributed by atoms with Gasteiger partial charge in [-0.15, -0.1) is 0 Å². The van der Waals surface area contributed by atoms with Crippen molar-refractivity contribution in [1.29, 1.82) is 0 Å². The number of nitrogens with one attached hydrogen (secondary N) is 1. The fourth-order valence-electron chi connectivity index (χ4n) is 1.65. The van der Waals surface area contributed by atoms with Gasteiger partial charge in [0, 0.05) is 28.0 Å². The molecule has 0 aliphatic carbocycles. The zero-order chi connectivity index (χ0) is 11.7. The lowest BCUT2D eigenvalue weighted by atomic mass is 10.1. The van der Waals surface area contributed by atoms with E-state index < -0.39 is 12.0 Å². The van der Waals surface area contributed by atoms with Crippen molar-refractivity contribution in [3.05, 3.63) is 34.4 Å². The molecule has 2 aromatic rings. The summed E-state index contributed by atoms with van der Waals surface area (Å²) in [6.45, 7) is 0. The molecule has 0 amide bonds. The van der Waals surface area contributed by atoms with Gasteiger partial charge in [-0.05, 0) is 17.7 Å². The molecule has 4 nitrogen and oxygen atoms in total. The van der Waals surface area contributed by atoms with Gasteiger partial charge >= 0.3 is 5.97 Å². The normalized spacial score (nSPS) is 12.9. The third kappa shape index (κ3) is 2.10. The van der Waals surface area contributed by atoms with E-state index in [1.165, 1.54) is 0 Å². The van der Waals surface area contributed by atoms with Crippen molar-refractivity contribution in [1.82, 2.24) is 4.98 Å². The first kappa shape index (κ1) is 11.2. The molecule has 2 rings (SSSR count). The van der Waals surface area contributed by atoms with Gasteiger partial charge in [-0.3, -0.25) is 4.79 Å². The average molecular weight is 283 g/mol. The summed E-state index contributed by atoms with van der Waals surface area (Å²) in [6, 6.07) is 4.96. The maximum absolute atomic E-state index is 10.7. The number of aromatic nitrogens is 1. The van der Waals surface area contributed by atoms with E-state index in [9.17, 15) is 4.79 Å². The minimum absolute atomic E-state index is 0.330. The highest BCUT2D eigenvalue weighted by Gasteiger charge is 2.14. The van der Waals surface area contributed by atoms with Crippen LogP contribution >= 0.6 is 15.9 Å².